The van der Waals surface area contributed by atoms with Crippen LogP contribution in [0.25, 0.3) is 10.8 Å². The Hall–Kier alpha value is -3.67. The number of anilines is 1. The van der Waals surface area contributed by atoms with Crippen LogP contribution in [0.4, 0.5) is 5.82 Å². The first-order valence-electron chi connectivity index (χ1n) is 11.0. The standard InChI is InChI=1S/C26H29N5O/c1-4-18-5-7-19(8-6-18)15-31-16-23(24(30-31)17(2)3)26(32)29-14-20-9-10-22-21(13-20)11-12-28-25(22)27/h5-13,16-17H,4,14-15H2,1-3H3,(H2,27,28)(H,29,32). The second kappa shape index (κ2) is 9.22. The number of benzene rings is 2. The summed E-state index contributed by atoms with van der Waals surface area (Å²) < 4.78 is 1.86. The third-order valence-electron chi connectivity index (χ3n) is 5.67. The van der Waals surface area contributed by atoms with E-state index < -0.39 is 0 Å². The zero-order valence-corrected chi connectivity index (χ0v) is 18.8. The quantitative estimate of drug-likeness (QED) is 0.448. The number of aryl methyl sites for hydroxylation is 1. The highest BCUT2D eigenvalue weighted by Crippen LogP contribution is 2.21. The second-order valence-electron chi connectivity index (χ2n) is 8.38. The summed E-state index contributed by atoms with van der Waals surface area (Å²) in [6.07, 6.45) is 4.57. The number of hydrogen-bond acceptors (Lipinski definition) is 4. The molecule has 3 N–H and O–H groups in total. The van der Waals surface area contributed by atoms with E-state index in [1.165, 1.54) is 5.56 Å². The molecule has 0 unspecified atom stereocenters. The lowest BCUT2D eigenvalue weighted by molar-refractivity contribution is 0.0949. The Morgan fingerprint density at radius 1 is 1.06 bits per heavy atom. The molecule has 0 radical (unpaired) electrons. The Kier molecular flexibility index (Phi) is 6.21. The molecular formula is C26H29N5O. The maximum absolute atomic E-state index is 13.0. The van der Waals surface area contributed by atoms with E-state index in [0.717, 1.165) is 34.0 Å². The molecule has 0 bridgehead atoms. The van der Waals surface area contributed by atoms with E-state index in [9.17, 15) is 4.79 Å². The van der Waals surface area contributed by atoms with Gasteiger partial charge in [-0.3, -0.25) is 9.48 Å². The summed E-state index contributed by atoms with van der Waals surface area (Å²) >= 11 is 0. The highest BCUT2D eigenvalue weighted by Gasteiger charge is 2.19. The van der Waals surface area contributed by atoms with E-state index in [4.69, 9.17) is 10.8 Å². The molecule has 4 aromatic rings. The minimum absolute atomic E-state index is 0.115. The Bertz CT molecular complexity index is 1240. The van der Waals surface area contributed by atoms with Crippen molar-refractivity contribution in [3.63, 3.8) is 0 Å². The van der Waals surface area contributed by atoms with Crippen molar-refractivity contribution in [3.8, 4) is 0 Å². The molecule has 0 fully saturated rings. The lowest BCUT2D eigenvalue weighted by Gasteiger charge is -2.08. The van der Waals surface area contributed by atoms with E-state index in [0.29, 0.717) is 24.5 Å². The van der Waals surface area contributed by atoms with Gasteiger partial charge in [0.1, 0.15) is 5.82 Å². The summed E-state index contributed by atoms with van der Waals surface area (Å²) in [5.74, 6) is 0.544. The maximum atomic E-state index is 13.0. The molecule has 2 aromatic heterocycles. The van der Waals surface area contributed by atoms with Crippen molar-refractivity contribution in [2.24, 2.45) is 0 Å². The highest BCUT2D eigenvalue weighted by atomic mass is 16.1. The van der Waals surface area contributed by atoms with Crippen molar-refractivity contribution in [2.45, 2.75) is 46.2 Å². The van der Waals surface area contributed by atoms with Gasteiger partial charge >= 0.3 is 0 Å². The molecule has 0 saturated carbocycles. The molecule has 0 aliphatic rings. The predicted octanol–water partition coefficient (Wildman–Crippen LogP) is 4.68. The lowest BCUT2D eigenvalue weighted by atomic mass is 10.1. The molecule has 0 aliphatic heterocycles. The van der Waals surface area contributed by atoms with E-state index >= 15 is 0 Å². The van der Waals surface area contributed by atoms with Gasteiger partial charge in [-0.1, -0.05) is 57.2 Å². The Morgan fingerprint density at radius 2 is 1.78 bits per heavy atom. The number of amides is 1. The van der Waals surface area contributed by atoms with Gasteiger partial charge in [0.2, 0.25) is 0 Å². The van der Waals surface area contributed by atoms with Crippen molar-refractivity contribution in [1.29, 1.82) is 0 Å². The largest absolute Gasteiger partial charge is 0.383 e. The Balaban J connectivity index is 1.49. The smallest absolute Gasteiger partial charge is 0.255 e. The first kappa shape index (κ1) is 21.6. The van der Waals surface area contributed by atoms with Gasteiger partial charge in [-0.25, -0.2) is 4.98 Å². The fourth-order valence-corrected chi connectivity index (χ4v) is 3.82. The summed E-state index contributed by atoms with van der Waals surface area (Å²) in [6.45, 7) is 7.32. The fourth-order valence-electron chi connectivity index (χ4n) is 3.82. The van der Waals surface area contributed by atoms with E-state index in [-0.39, 0.29) is 11.8 Å². The summed E-state index contributed by atoms with van der Waals surface area (Å²) in [7, 11) is 0. The molecule has 32 heavy (non-hydrogen) atoms. The van der Waals surface area contributed by atoms with Crippen molar-refractivity contribution in [3.05, 3.63) is 88.9 Å². The van der Waals surface area contributed by atoms with E-state index in [1.54, 1.807) is 6.20 Å². The zero-order valence-electron chi connectivity index (χ0n) is 18.8. The Labute approximate surface area is 188 Å². The van der Waals surface area contributed by atoms with E-state index in [2.05, 4.69) is 55.3 Å². The molecule has 0 aliphatic carbocycles. The van der Waals surface area contributed by atoms with Gasteiger partial charge in [0.05, 0.1) is 17.8 Å². The van der Waals surface area contributed by atoms with Crippen LogP contribution in [-0.2, 0) is 19.5 Å². The number of aromatic nitrogens is 3. The minimum atomic E-state index is -0.115. The number of nitrogens with zero attached hydrogens (tertiary/aromatic N) is 3. The second-order valence-corrected chi connectivity index (χ2v) is 8.38. The van der Waals surface area contributed by atoms with Crippen LogP contribution in [0, 0.1) is 0 Å². The number of pyridine rings is 1. The summed E-state index contributed by atoms with van der Waals surface area (Å²) in [5.41, 5.74) is 10.8. The number of fused-ring (bicyclic) bond motifs is 1. The van der Waals surface area contributed by atoms with Gasteiger partial charge in [0, 0.05) is 24.3 Å². The monoisotopic (exact) mass is 427 g/mol. The fraction of sp³-hybridized carbons (Fsp3) is 0.269. The van der Waals surface area contributed by atoms with Gasteiger partial charge in [-0.2, -0.15) is 5.10 Å². The number of nitrogen functional groups attached to an aromatic ring is 1. The van der Waals surface area contributed by atoms with Gasteiger partial charge in [-0.05, 0) is 46.5 Å². The molecule has 2 heterocycles. The third-order valence-corrected chi connectivity index (χ3v) is 5.67. The topological polar surface area (TPSA) is 85.8 Å². The Morgan fingerprint density at radius 3 is 2.50 bits per heavy atom. The van der Waals surface area contributed by atoms with E-state index in [1.807, 2.05) is 35.1 Å². The molecule has 164 valence electrons. The van der Waals surface area contributed by atoms with Gasteiger partial charge in [-0.15, -0.1) is 0 Å². The van der Waals surface area contributed by atoms with Crippen molar-refractivity contribution in [1.82, 2.24) is 20.1 Å². The first-order chi connectivity index (χ1) is 15.4. The summed E-state index contributed by atoms with van der Waals surface area (Å²) in [6, 6.07) is 16.4. The summed E-state index contributed by atoms with van der Waals surface area (Å²) in [5, 5.41) is 9.68. The minimum Gasteiger partial charge on any atom is -0.383 e. The average Bonchev–Trinajstić information content (AvgIpc) is 3.22. The molecular weight excluding hydrogens is 398 g/mol. The van der Waals surface area contributed by atoms with Crippen molar-refractivity contribution in [2.75, 3.05) is 5.73 Å². The van der Waals surface area contributed by atoms with Gasteiger partial charge in [0.15, 0.2) is 0 Å². The molecule has 6 nitrogen and oxygen atoms in total. The lowest BCUT2D eigenvalue weighted by Crippen LogP contribution is -2.23. The maximum Gasteiger partial charge on any atom is 0.255 e. The third kappa shape index (κ3) is 4.64. The number of hydrogen-bond donors (Lipinski definition) is 2. The number of nitrogens with one attached hydrogen (secondary N) is 1. The van der Waals surface area contributed by atoms with Crippen LogP contribution < -0.4 is 11.1 Å². The molecule has 1 amide bonds. The average molecular weight is 428 g/mol. The van der Waals surface area contributed by atoms with Crippen molar-refractivity contribution >= 4 is 22.5 Å². The predicted molar refractivity (Wildman–Crippen MR) is 129 cm³/mol. The van der Waals surface area contributed by atoms with Crippen LogP contribution in [0.2, 0.25) is 0 Å². The molecule has 0 atom stereocenters. The summed E-state index contributed by atoms with van der Waals surface area (Å²) in [4.78, 5) is 17.1. The number of carbonyl (C=O) groups is 1. The SMILES string of the molecule is CCc1ccc(Cn2cc(C(=O)NCc3ccc4c(N)nccc4c3)c(C(C)C)n2)cc1. The van der Waals surface area contributed by atoms with Crippen LogP contribution in [-0.4, -0.2) is 20.7 Å². The molecule has 6 heteroatoms. The number of nitrogens with two attached hydrogens (primary N) is 1. The normalized spacial score (nSPS) is 11.2. The van der Waals surface area contributed by atoms with Gasteiger partial charge < -0.3 is 11.1 Å². The zero-order chi connectivity index (χ0) is 22.7. The molecule has 0 spiro atoms. The molecule has 4 rings (SSSR count). The highest BCUT2D eigenvalue weighted by molar-refractivity contribution is 5.95. The van der Waals surface area contributed by atoms with Gasteiger partial charge in [0.25, 0.3) is 5.91 Å². The van der Waals surface area contributed by atoms with Crippen LogP contribution in [0.3, 0.4) is 0 Å². The van der Waals surface area contributed by atoms with Crippen LogP contribution in [0.5, 0.6) is 0 Å². The van der Waals surface area contributed by atoms with Crippen LogP contribution in [0.1, 0.15) is 59.4 Å². The van der Waals surface area contributed by atoms with Crippen molar-refractivity contribution < 1.29 is 4.79 Å². The van der Waals surface area contributed by atoms with Crippen LogP contribution in [0.15, 0.2) is 60.9 Å². The van der Waals surface area contributed by atoms with Crippen LogP contribution >= 0.6 is 0 Å². The first-order valence-corrected chi connectivity index (χ1v) is 11.0. The number of rotatable bonds is 7. The molecule has 0 saturated heterocycles. The molecule has 2 aromatic carbocycles. The number of carbonyl (C=O) groups excluding carboxylic acids is 1.